The third kappa shape index (κ3) is 6.88. The maximum absolute atomic E-state index is 11.7. The molecular weight excluding hydrogens is 276 g/mol. The molecule has 0 amide bonds. The molecule has 0 fully saturated rings. The van der Waals surface area contributed by atoms with E-state index in [1.807, 2.05) is 38.1 Å². The standard InChI is InChI=1S/C14H24N2O3S/c1-12(2)15-9-10-20(17,18)16-8-7-13-5-4-6-14(11-13)19-3/h4-6,11-12,15-16H,7-10H2,1-3H3. The van der Waals surface area contributed by atoms with Gasteiger partial charge in [-0.05, 0) is 24.1 Å². The number of nitrogens with one attached hydrogen (secondary N) is 2. The van der Waals surface area contributed by atoms with Gasteiger partial charge in [0.25, 0.3) is 0 Å². The minimum atomic E-state index is -3.21. The Balaban J connectivity index is 2.35. The average molecular weight is 300 g/mol. The molecule has 0 atom stereocenters. The molecule has 2 N–H and O–H groups in total. The van der Waals surface area contributed by atoms with Gasteiger partial charge in [0.2, 0.25) is 10.0 Å². The van der Waals surface area contributed by atoms with Crippen molar-refractivity contribution < 1.29 is 13.2 Å². The molecule has 1 aromatic carbocycles. The van der Waals surface area contributed by atoms with Crippen molar-refractivity contribution in [2.24, 2.45) is 0 Å². The number of sulfonamides is 1. The van der Waals surface area contributed by atoms with Gasteiger partial charge in [-0.1, -0.05) is 26.0 Å². The van der Waals surface area contributed by atoms with E-state index in [2.05, 4.69) is 10.0 Å². The van der Waals surface area contributed by atoms with Gasteiger partial charge in [-0.2, -0.15) is 0 Å². The van der Waals surface area contributed by atoms with Crippen molar-refractivity contribution in [2.45, 2.75) is 26.3 Å². The summed E-state index contributed by atoms with van der Waals surface area (Å²) in [6, 6.07) is 7.92. The van der Waals surface area contributed by atoms with E-state index in [1.54, 1.807) is 7.11 Å². The number of rotatable bonds is 9. The maximum atomic E-state index is 11.7. The van der Waals surface area contributed by atoms with Crippen LogP contribution in [0.4, 0.5) is 0 Å². The fraction of sp³-hybridized carbons (Fsp3) is 0.571. The molecule has 0 aliphatic heterocycles. The zero-order chi connectivity index (χ0) is 15.0. The smallest absolute Gasteiger partial charge is 0.212 e. The number of hydrogen-bond donors (Lipinski definition) is 2. The van der Waals surface area contributed by atoms with E-state index in [0.29, 0.717) is 25.6 Å². The van der Waals surface area contributed by atoms with E-state index in [0.717, 1.165) is 11.3 Å². The minimum Gasteiger partial charge on any atom is -0.497 e. The summed E-state index contributed by atoms with van der Waals surface area (Å²) in [4.78, 5) is 0. The quantitative estimate of drug-likeness (QED) is 0.718. The molecule has 0 unspecified atom stereocenters. The molecule has 0 radical (unpaired) electrons. The molecule has 0 aliphatic rings. The fourth-order valence-corrected chi connectivity index (χ4v) is 2.68. The van der Waals surface area contributed by atoms with Crippen molar-refractivity contribution in [1.82, 2.24) is 10.0 Å². The van der Waals surface area contributed by atoms with Crippen LogP contribution in [0, 0.1) is 0 Å². The summed E-state index contributed by atoms with van der Waals surface area (Å²) in [5, 5.41) is 3.09. The highest BCUT2D eigenvalue weighted by molar-refractivity contribution is 7.89. The topological polar surface area (TPSA) is 67.4 Å². The molecule has 0 aromatic heterocycles. The SMILES string of the molecule is COc1cccc(CCNS(=O)(=O)CCNC(C)C)c1. The van der Waals surface area contributed by atoms with Crippen LogP contribution in [0.15, 0.2) is 24.3 Å². The molecule has 0 spiro atoms. The predicted octanol–water partition coefficient (Wildman–Crippen LogP) is 1.16. The Morgan fingerprint density at radius 3 is 2.65 bits per heavy atom. The molecule has 0 heterocycles. The van der Waals surface area contributed by atoms with Gasteiger partial charge in [-0.3, -0.25) is 0 Å². The number of methoxy groups -OCH3 is 1. The van der Waals surface area contributed by atoms with Crippen molar-refractivity contribution >= 4 is 10.0 Å². The van der Waals surface area contributed by atoms with Gasteiger partial charge in [-0.25, -0.2) is 13.1 Å². The first kappa shape index (κ1) is 16.9. The highest BCUT2D eigenvalue weighted by Crippen LogP contribution is 2.12. The van der Waals surface area contributed by atoms with E-state index in [1.165, 1.54) is 0 Å². The van der Waals surface area contributed by atoms with Crippen LogP contribution in [-0.4, -0.2) is 40.4 Å². The normalized spacial score (nSPS) is 11.8. The van der Waals surface area contributed by atoms with Gasteiger partial charge in [0.1, 0.15) is 5.75 Å². The van der Waals surface area contributed by atoms with Crippen molar-refractivity contribution in [3.8, 4) is 5.75 Å². The van der Waals surface area contributed by atoms with Gasteiger partial charge < -0.3 is 10.1 Å². The van der Waals surface area contributed by atoms with E-state index in [-0.39, 0.29) is 5.75 Å². The Morgan fingerprint density at radius 2 is 2.00 bits per heavy atom. The summed E-state index contributed by atoms with van der Waals surface area (Å²) in [5.41, 5.74) is 1.05. The Bertz CT molecular complexity index is 501. The van der Waals surface area contributed by atoms with Crippen molar-refractivity contribution in [3.05, 3.63) is 29.8 Å². The van der Waals surface area contributed by atoms with Crippen molar-refractivity contribution in [3.63, 3.8) is 0 Å². The molecule has 0 saturated heterocycles. The largest absolute Gasteiger partial charge is 0.497 e. The Hall–Kier alpha value is -1.11. The van der Waals surface area contributed by atoms with Gasteiger partial charge in [0.15, 0.2) is 0 Å². The summed E-state index contributed by atoms with van der Waals surface area (Å²) in [7, 11) is -1.59. The lowest BCUT2D eigenvalue weighted by Crippen LogP contribution is -2.35. The van der Waals surface area contributed by atoms with Gasteiger partial charge >= 0.3 is 0 Å². The van der Waals surface area contributed by atoms with Crippen LogP contribution < -0.4 is 14.8 Å². The van der Waals surface area contributed by atoms with Crippen LogP contribution in [0.1, 0.15) is 19.4 Å². The summed E-state index contributed by atoms with van der Waals surface area (Å²) in [6.07, 6.45) is 0.647. The second-order valence-corrected chi connectivity index (χ2v) is 6.85. The summed E-state index contributed by atoms with van der Waals surface area (Å²) >= 11 is 0. The lowest BCUT2D eigenvalue weighted by Gasteiger charge is -2.10. The summed E-state index contributed by atoms with van der Waals surface area (Å²) in [6.45, 7) is 4.84. The van der Waals surface area contributed by atoms with Crippen molar-refractivity contribution in [2.75, 3.05) is 26.0 Å². The van der Waals surface area contributed by atoms with Gasteiger partial charge in [0, 0.05) is 19.1 Å². The highest BCUT2D eigenvalue weighted by Gasteiger charge is 2.09. The molecular formula is C14H24N2O3S. The van der Waals surface area contributed by atoms with E-state index in [9.17, 15) is 8.42 Å². The van der Waals surface area contributed by atoms with Crippen LogP contribution in [-0.2, 0) is 16.4 Å². The van der Waals surface area contributed by atoms with Crippen LogP contribution in [0.25, 0.3) is 0 Å². The average Bonchev–Trinajstić information content (AvgIpc) is 2.38. The third-order valence-corrected chi connectivity index (χ3v) is 4.18. The Morgan fingerprint density at radius 1 is 1.25 bits per heavy atom. The highest BCUT2D eigenvalue weighted by atomic mass is 32.2. The number of benzene rings is 1. The van der Waals surface area contributed by atoms with Crippen LogP contribution in [0.3, 0.4) is 0 Å². The zero-order valence-electron chi connectivity index (χ0n) is 12.3. The first-order valence-electron chi connectivity index (χ1n) is 6.76. The first-order chi connectivity index (χ1) is 9.43. The van der Waals surface area contributed by atoms with E-state index >= 15 is 0 Å². The molecule has 6 heteroatoms. The van der Waals surface area contributed by atoms with Crippen LogP contribution >= 0.6 is 0 Å². The Labute approximate surface area is 121 Å². The lowest BCUT2D eigenvalue weighted by atomic mass is 10.1. The van der Waals surface area contributed by atoms with Gasteiger partial charge in [-0.15, -0.1) is 0 Å². The molecule has 20 heavy (non-hydrogen) atoms. The zero-order valence-corrected chi connectivity index (χ0v) is 13.2. The molecule has 114 valence electrons. The van der Waals surface area contributed by atoms with Crippen LogP contribution in [0.5, 0.6) is 5.75 Å². The second-order valence-electron chi connectivity index (χ2n) is 4.92. The maximum Gasteiger partial charge on any atom is 0.212 e. The molecule has 0 saturated carbocycles. The third-order valence-electron chi connectivity index (χ3n) is 2.79. The van der Waals surface area contributed by atoms with Crippen molar-refractivity contribution in [1.29, 1.82) is 0 Å². The van der Waals surface area contributed by atoms with E-state index in [4.69, 9.17) is 4.74 Å². The summed E-state index contributed by atoms with van der Waals surface area (Å²) in [5.74, 6) is 0.884. The molecule has 0 aliphatic carbocycles. The minimum absolute atomic E-state index is 0.100. The Kier molecular flexibility index (Phi) is 6.98. The predicted molar refractivity (Wildman–Crippen MR) is 81.6 cm³/mol. The molecule has 1 rings (SSSR count). The van der Waals surface area contributed by atoms with E-state index < -0.39 is 10.0 Å². The molecule has 0 bridgehead atoms. The molecule has 5 nitrogen and oxygen atoms in total. The fourth-order valence-electron chi connectivity index (χ4n) is 1.73. The summed E-state index contributed by atoms with van der Waals surface area (Å²) < 4.78 is 31.2. The van der Waals surface area contributed by atoms with Gasteiger partial charge in [0.05, 0.1) is 12.9 Å². The number of hydrogen-bond acceptors (Lipinski definition) is 4. The van der Waals surface area contributed by atoms with Crippen LogP contribution in [0.2, 0.25) is 0 Å². The first-order valence-corrected chi connectivity index (χ1v) is 8.42. The monoisotopic (exact) mass is 300 g/mol. The second kappa shape index (κ2) is 8.24. The molecule has 1 aromatic rings. The number of ether oxygens (including phenoxy) is 1. The lowest BCUT2D eigenvalue weighted by molar-refractivity contribution is 0.414.